The fourth-order valence-corrected chi connectivity index (χ4v) is 3.59. The average molecular weight is 475 g/mol. The second kappa shape index (κ2) is 7.17. The van der Waals surface area contributed by atoms with Crippen LogP contribution >= 0.6 is 27.5 Å². The molecule has 0 amide bonds. The normalized spacial score (nSPS) is 11.7. The van der Waals surface area contributed by atoms with Gasteiger partial charge in [-0.25, -0.2) is 17.6 Å². The van der Waals surface area contributed by atoms with Crippen LogP contribution in [-0.2, 0) is 0 Å². The van der Waals surface area contributed by atoms with Crippen molar-refractivity contribution in [2.45, 2.75) is 6.43 Å². The van der Waals surface area contributed by atoms with E-state index in [1.54, 1.807) is 0 Å². The summed E-state index contributed by atoms with van der Waals surface area (Å²) in [5.41, 5.74) is 0.309. The molecule has 0 aliphatic heterocycles. The van der Waals surface area contributed by atoms with Gasteiger partial charge in [0, 0.05) is 15.2 Å². The molecule has 0 spiro atoms. The number of rotatable bonds is 4. The van der Waals surface area contributed by atoms with E-state index >= 15 is 0 Å². The summed E-state index contributed by atoms with van der Waals surface area (Å²) < 4.78 is 57.2. The van der Waals surface area contributed by atoms with E-state index in [1.165, 1.54) is 28.9 Å². The molecule has 28 heavy (non-hydrogen) atoms. The van der Waals surface area contributed by atoms with Crippen LogP contribution in [0.15, 0.2) is 41.1 Å². The zero-order valence-electron chi connectivity index (χ0n) is 13.8. The van der Waals surface area contributed by atoms with Gasteiger partial charge in [0.15, 0.2) is 0 Å². The first kappa shape index (κ1) is 18.9. The van der Waals surface area contributed by atoms with Gasteiger partial charge >= 0.3 is 0 Å². The SMILES string of the molecule is Fc1cc(Br)cc(N(CC(F)F)c2nc3nncn3c3cc(Cl)cc(F)c23)c1. The molecule has 4 aromatic rings. The van der Waals surface area contributed by atoms with Gasteiger partial charge in [0.2, 0.25) is 0 Å². The second-order valence-corrected chi connectivity index (χ2v) is 7.20. The van der Waals surface area contributed by atoms with Crippen LogP contribution in [0, 0.1) is 11.6 Å². The Kier molecular flexibility index (Phi) is 4.84. The summed E-state index contributed by atoms with van der Waals surface area (Å²) in [6.45, 7) is -0.843. The van der Waals surface area contributed by atoms with Gasteiger partial charge in [-0.2, -0.15) is 4.98 Å². The number of alkyl halides is 2. The number of anilines is 2. The molecule has 0 unspecified atom stereocenters. The maximum absolute atomic E-state index is 14.8. The van der Waals surface area contributed by atoms with E-state index in [2.05, 4.69) is 31.1 Å². The van der Waals surface area contributed by atoms with E-state index in [0.717, 1.165) is 17.0 Å². The molecule has 0 aliphatic carbocycles. The van der Waals surface area contributed by atoms with Crippen LogP contribution in [0.25, 0.3) is 16.7 Å². The van der Waals surface area contributed by atoms with Crippen molar-refractivity contribution in [2.75, 3.05) is 11.4 Å². The topological polar surface area (TPSA) is 46.3 Å². The third kappa shape index (κ3) is 3.37. The Labute approximate surface area is 168 Å². The first-order chi connectivity index (χ1) is 13.3. The van der Waals surface area contributed by atoms with E-state index in [1.807, 2.05) is 0 Å². The predicted octanol–water partition coefficient (Wildman–Crippen LogP) is 5.37. The van der Waals surface area contributed by atoms with E-state index in [9.17, 15) is 17.6 Å². The molecule has 0 bridgehead atoms. The molecule has 0 aliphatic rings. The average Bonchev–Trinajstić information content (AvgIpc) is 3.06. The lowest BCUT2D eigenvalue weighted by Crippen LogP contribution is -2.25. The maximum atomic E-state index is 14.8. The Bertz CT molecular complexity index is 1180. The highest BCUT2D eigenvalue weighted by Crippen LogP contribution is 2.36. The summed E-state index contributed by atoms with van der Waals surface area (Å²) in [6, 6.07) is 6.16. The monoisotopic (exact) mass is 473 g/mol. The summed E-state index contributed by atoms with van der Waals surface area (Å²) in [4.78, 5) is 5.24. The molecular formula is C17H9BrClF4N5. The van der Waals surface area contributed by atoms with Crippen molar-refractivity contribution in [2.24, 2.45) is 0 Å². The largest absolute Gasteiger partial charge is 0.320 e. The summed E-state index contributed by atoms with van der Waals surface area (Å²) in [6.07, 6.45) is -1.50. The summed E-state index contributed by atoms with van der Waals surface area (Å²) >= 11 is 9.10. The zero-order chi connectivity index (χ0) is 20.0. The molecule has 0 saturated heterocycles. The molecule has 2 heterocycles. The lowest BCUT2D eigenvalue weighted by molar-refractivity contribution is 0.158. The van der Waals surface area contributed by atoms with Crippen molar-refractivity contribution in [3.05, 3.63) is 57.8 Å². The minimum absolute atomic E-state index is 0.0545. The van der Waals surface area contributed by atoms with Crippen molar-refractivity contribution in [1.82, 2.24) is 19.6 Å². The van der Waals surface area contributed by atoms with Gasteiger partial charge in [0.25, 0.3) is 12.2 Å². The highest BCUT2D eigenvalue weighted by molar-refractivity contribution is 9.10. The van der Waals surface area contributed by atoms with Gasteiger partial charge in [-0.15, -0.1) is 10.2 Å². The van der Waals surface area contributed by atoms with E-state index in [-0.39, 0.29) is 33.2 Å². The number of nitrogens with zero attached hydrogens (tertiary/aromatic N) is 5. The van der Waals surface area contributed by atoms with Crippen LogP contribution in [0.4, 0.5) is 29.1 Å². The Morgan fingerprint density at radius 1 is 1.14 bits per heavy atom. The quantitative estimate of drug-likeness (QED) is 0.373. The molecule has 0 saturated carbocycles. The number of hydrogen-bond donors (Lipinski definition) is 0. The van der Waals surface area contributed by atoms with Crippen molar-refractivity contribution < 1.29 is 17.6 Å². The molecule has 0 fully saturated rings. The molecule has 2 aromatic carbocycles. The van der Waals surface area contributed by atoms with Crippen LogP contribution in [-0.4, -0.2) is 32.6 Å². The minimum atomic E-state index is -2.80. The first-order valence-corrected chi connectivity index (χ1v) is 9.01. The Hall–Kier alpha value is -2.46. The van der Waals surface area contributed by atoms with Crippen molar-refractivity contribution in [3.63, 3.8) is 0 Å². The van der Waals surface area contributed by atoms with Crippen molar-refractivity contribution in [3.8, 4) is 0 Å². The standard InChI is InChI=1S/C17H9BrClF4N5/c18-8-1-10(20)5-11(2-8)27(6-14(22)23)16-15-12(21)3-9(19)4-13(15)28-7-24-26-17(28)25-16/h1-5,7,14H,6H2. The summed E-state index contributed by atoms with van der Waals surface area (Å²) in [5.74, 6) is -1.52. The van der Waals surface area contributed by atoms with Crippen LogP contribution in [0.3, 0.4) is 0 Å². The first-order valence-electron chi connectivity index (χ1n) is 7.84. The fourth-order valence-electron chi connectivity index (χ4n) is 2.94. The zero-order valence-corrected chi connectivity index (χ0v) is 16.1. The summed E-state index contributed by atoms with van der Waals surface area (Å²) in [5, 5.41) is 7.57. The lowest BCUT2D eigenvalue weighted by Gasteiger charge is -2.25. The Morgan fingerprint density at radius 3 is 2.64 bits per heavy atom. The van der Waals surface area contributed by atoms with Gasteiger partial charge in [-0.3, -0.25) is 4.40 Å². The fraction of sp³-hybridized carbons (Fsp3) is 0.118. The van der Waals surface area contributed by atoms with Crippen LogP contribution in [0.1, 0.15) is 0 Å². The molecular weight excluding hydrogens is 466 g/mol. The molecule has 0 atom stereocenters. The Balaban J connectivity index is 2.07. The van der Waals surface area contributed by atoms with E-state index in [0.29, 0.717) is 4.47 Å². The maximum Gasteiger partial charge on any atom is 0.257 e. The van der Waals surface area contributed by atoms with Gasteiger partial charge in [0.1, 0.15) is 23.8 Å². The number of hydrogen-bond acceptors (Lipinski definition) is 4. The number of benzene rings is 2. The van der Waals surface area contributed by atoms with Crippen molar-refractivity contribution in [1.29, 1.82) is 0 Å². The number of fused-ring (bicyclic) bond motifs is 3. The highest BCUT2D eigenvalue weighted by atomic mass is 79.9. The molecule has 5 nitrogen and oxygen atoms in total. The van der Waals surface area contributed by atoms with Gasteiger partial charge in [-0.1, -0.05) is 27.5 Å². The van der Waals surface area contributed by atoms with E-state index in [4.69, 9.17) is 11.6 Å². The van der Waals surface area contributed by atoms with Crippen molar-refractivity contribution >= 4 is 55.7 Å². The molecule has 0 N–H and O–H groups in total. The third-order valence-electron chi connectivity index (χ3n) is 3.99. The third-order valence-corrected chi connectivity index (χ3v) is 4.66. The van der Waals surface area contributed by atoms with Gasteiger partial charge in [0.05, 0.1) is 17.4 Å². The molecule has 0 radical (unpaired) electrons. The lowest BCUT2D eigenvalue weighted by atomic mass is 10.2. The molecule has 11 heteroatoms. The molecule has 4 rings (SSSR count). The second-order valence-electron chi connectivity index (χ2n) is 5.85. The minimum Gasteiger partial charge on any atom is -0.320 e. The number of halogens is 6. The van der Waals surface area contributed by atoms with E-state index < -0.39 is 24.6 Å². The van der Waals surface area contributed by atoms with Gasteiger partial charge < -0.3 is 4.90 Å². The summed E-state index contributed by atoms with van der Waals surface area (Å²) in [7, 11) is 0. The van der Waals surface area contributed by atoms with Crippen LogP contribution in [0.5, 0.6) is 0 Å². The Morgan fingerprint density at radius 2 is 1.93 bits per heavy atom. The number of aromatic nitrogens is 4. The van der Waals surface area contributed by atoms with Crippen LogP contribution < -0.4 is 4.90 Å². The van der Waals surface area contributed by atoms with Gasteiger partial charge in [-0.05, 0) is 30.3 Å². The molecule has 144 valence electrons. The molecule has 2 aromatic heterocycles. The predicted molar refractivity (Wildman–Crippen MR) is 100 cm³/mol. The van der Waals surface area contributed by atoms with Crippen LogP contribution in [0.2, 0.25) is 5.02 Å². The highest BCUT2D eigenvalue weighted by Gasteiger charge is 2.24. The smallest absolute Gasteiger partial charge is 0.257 e.